The van der Waals surface area contributed by atoms with E-state index in [9.17, 15) is 18.0 Å². The van der Waals surface area contributed by atoms with Crippen LogP contribution >= 0.6 is 0 Å². The van der Waals surface area contributed by atoms with Gasteiger partial charge >= 0.3 is 5.97 Å². The number of carboxylic acids is 1. The van der Waals surface area contributed by atoms with Gasteiger partial charge in [0.1, 0.15) is 18.2 Å². The Morgan fingerprint density at radius 2 is 2.03 bits per heavy atom. The minimum absolute atomic E-state index is 0.0313. The summed E-state index contributed by atoms with van der Waals surface area (Å²) >= 11 is 0. The first-order valence-corrected chi connectivity index (χ1v) is 9.39. The van der Waals surface area contributed by atoms with Gasteiger partial charge in [0.2, 0.25) is 5.82 Å². The molecule has 2 atom stereocenters. The summed E-state index contributed by atoms with van der Waals surface area (Å²) in [5.41, 5.74) is 0.663. The van der Waals surface area contributed by atoms with E-state index >= 15 is 0 Å². The number of carbonyl (C=O) groups is 1. The van der Waals surface area contributed by atoms with Gasteiger partial charge in [-0.3, -0.25) is 4.79 Å². The molecule has 2 unspecified atom stereocenters. The lowest BCUT2D eigenvalue weighted by Crippen LogP contribution is -2.27. The zero-order valence-electron chi connectivity index (χ0n) is 16.5. The van der Waals surface area contributed by atoms with Gasteiger partial charge in [-0.2, -0.15) is 9.37 Å². The second kappa shape index (κ2) is 8.76. The topological polar surface area (TPSA) is 84.8 Å². The molecule has 1 N–H and O–H groups in total. The molecular weight excluding hydrogens is 403 g/mol. The van der Waals surface area contributed by atoms with Crippen LogP contribution in [0.15, 0.2) is 30.6 Å². The Bertz CT molecular complexity index is 890. The predicted molar refractivity (Wildman–Crippen MR) is 102 cm³/mol. The van der Waals surface area contributed by atoms with Crippen molar-refractivity contribution in [2.24, 2.45) is 0 Å². The Hall–Kier alpha value is -3.04. The molecule has 1 aromatic heterocycles. The third-order valence-corrected chi connectivity index (χ3v) is 4.70. The monoisotopic (exact) mass is 425 g/mol. The molecule has 1 saturated heterocycles. The maximum absolute atomic E-state index is 14.6. The molecule has 30 heavy (non-hydrogen) atoms. The van der Waals surface area contributed by atoms with Crippen molar-refractivity contribution >= 4 is 11.8 Å². The van der Waals surface area contributed by atoms with Crippen LogP contribution in [0.4, 0.5) is 19.0 Å². The lowest BCUT2D eigenvalue weighted by molar-refractivity contribution is -0.138. The number of aliphatic carboxylic acids is 1. The first-order valence-electron chi connectivity index (χ1n) is 9.39. The van der Waals surface area contributed by atoms with E-state index in [-0.39, 0.29) is 11.9 Å². The molecule has 1 aromatic carbocycles. The molecule has 1 aliphatic rings. The second-order valence-corrected chi connectivity index (χ2v) is 7.28. The lowest BCUT2D eigenvalue weighted by Gasteiger charge is -2.19. The summed E-state index contributed by atoms with van der Waals surface area (Å²) in [6.07, 6.45) is 1.42. The van der Waals surface area contributed by atoms with E-state index in [0.29, 0.717) is 37.7 Å². The fourth-order valence-electron chi connectivity index (χ4n) is 3.05. The van der Waals surface area contributed by atoms with Crippen LogP contribution in [-0.4, -0.2) is 52.8 Å². The van der Waals surface area contributed by atoms with Gasteiger partial charge in [-0.15, -0.1) is 0 Å². The van der Waals surface area contributed by atoms with E-state index in [1.165, 1.54) is 0 Å². The highest BCUT2D eigenvalue weighted by atomic mass is 19.3. The molecule has 0 saturated carbocycles. The van der Waals surface area contributed by atoms with Crippen LogP contribution in [0.1, 0.15) is 31.7 Å². The zero-order valence-corrected chi connectivity index (χ0v) is 16.5. The normalized spacial score (nSPS) is 17.6. The third-order valence-electron chi connectivity index (χ3n) is 4.70. The molecule has 7 nitrogen and oxygen atoms in total. The number of benzene rings is 1. The fraction of sp³-hybridized carbons (Fsp3) is 0.450. The predicted octanol–water partition coefficient (Wildman–Crippen LogP) is 3.50. The van der Waals surface area contributed by atoms with E-state index in [0.717, 1.165) is 6.33 Å². The number of anilines is 1. The number of rotatable bonds is 8. The van der Waals surface area contributed by atoms with Gasteiger partial charge in [-0.25, -0.2) is 13.8 Å². The Morgan fingerprint density at radius 1 is 1.33 bits per heavy atom. The molecule has 0 aliphatic carbocycles. The van der Waals surface area contributed by atoms with Crippen LogP contribution in [0.25, 0.3) is 0 Å². The molecule has 3 rings (SSSR count). The van der Waals surface area contributed by atoms with Crippen LogP contribution in [0.5, 0.6) is 11.6 Å². The van der Waals surface area contributed by atoms with Gasteiger partial charge in [0, 0.05) is 19.9 Å². The maximum Gasteiger partial charge on any atom is 0.310 e. The number of nitrogens with zero attached hydrogens (tertiary/aromatic N) is 3. The van der Waals surface area contributed by atoms with Crippen molar-refractivity contribution in [3.05, 3.63) is 42.0 Å². The van der Waals surface area contributed by atoms with Crippen LogP contribution in [0.3, 0.4) is 0 Å². The third kappa shape index (κ3) is 5.31. The molecule has 162 valence electrons. The molecule has 0 bridgehead atoms. The molecule has 0 amide bonds. The standard InChI is InChI=1S/C20H22F3N3O4/c1-12(19(27)28)13-3-5-14(6-4-13)30-15-7-8-26(9-15)17-16(21)18(25-11-24-17)29-10-20(2,22)23/h3-6,11-12,15H,7-10H2,1-2H3,(H,27,28). The van der Waals surface area contributed by atoms with Crippen molar-refractivity contribution < 1.29 is 32.5 Å². The molecular formula is C20H22F3N3O4. The summed E-state index contributed by atoms with van der Waals surface area (Å²) in [5.74, 6) is -5.51. The highest BCUT2D eigenvalue weighted by Gasteiger charge is 2.30. The van der Waals surface area contributed by atoms with Crippen LogP contribution < -0.4 is 14.4 Å². The summed E-state index contributed by atoms with van der Waals surface area (Å²) in [6.45, 7) is 2.08. The highest BCUT2D eigenvalue weighted by Crippen LogP contribution is 2.29. The summed E-state index contributed by atoms with van der Waals surface area (Å²) in [7, 11) is 0. The number of aromatic nitrogens is 2. The molecule has 10 heteroatoms. The molecule has 1 aliphatic heterocycles. The Labute approximate surface area is 171 Å². The van der Waals surface area contributed by atoms with Gasteiger partial charge in [-0.1, -0.05) is 12.1 Å². The Morgan fingerprint density at radius 3 is 2.67 bits per heavy atom. The van der Waals surface area contributed by atoms with Crippen molar-refractivity contribution in [3.8, 4) is 11.6 Å². The maximum atomic E-state index is 14.6. The fourth-order valence-corrected chi connectivity index (χ4v) is 3.05. The largest absolute Gasteiger partial charge is 0.489 e. The molecule has 0 radical (unpaired) electrons. The summed E-state index contributed by atoms with van der Waals surface area (Å²) in [5, 5.41) is 9.06. The average molecular weight is 425 g/mol. The van der Waals surface area contributed by atoms with Gasteiger partial charge in [0.25, 0.3) is 11.8 Å². The number of carboxylic acid groups (broad SMARTS) is 1. The molecule has 1 fully saturated rings. The number of hydrogen-bond donors (Lipinski definition) is 1. The first-order chi connectivity index (χ1) is 14.1. The second-order valence-electron chi connectivity index (χ2n) is 7.28. The Kier molecular flexibility index (Phi) is 6.33. The minimum atomic E-state index is -3.11. The number of hydrogen-bond acceptors (Lipinski definition) is 6. The number of ether oxygens (including phenoxy) is 2. The van der Waals surface area contributed by atoms with Gasteiger partial charge in [0.15, 0.2) is 12.4 Å². The summed E-state index contributed by atoms with van der Waals surface area (Å²) in [4.78, 5) is 20.2. The summed E-state index contributed by atoms with van der Waals surface area (Å²) in [6, 6.07) is 6.77. The van der Waals surface area contributed by atoms with Gasteiger partial charge in [0.05, 0.1) is 12.5 Å². The number of alkyl halides is 2. The van der Waals surface area contributed by atoms with Gasteiger partial charge in [-0.05, 0) is 24.6 Å². The van der Waals surface area contributed by atoms with E-state index in [4.69, 9.17) is 14.6 Å². The van der Waals surface area contributed by atoms with Crippen molar-refractivity contribution in [1.29, 1.82) is 0 Å². The number of halogens is 3. The minimum Gasteiger partial charge on any atom is -0.489 e. The average Bonchev–Trinajstić information content (AvgIpc) is 3.14. The zero-order chi connectivity index (χ0) is 21.9. The van der Waals surface area contributed by atoms with Crippen LogP contribution in [0, 0.1) is 5.82 Å². The van der Waals surface area contributed by atoms with Crippen LogP contribution in [-0.2, 0) is 4.79 Å². The van der Waals surface area contributed by atoms with Crippen molar-refractivity contribution in [2.45, 2.75) is 38.2 Å². The first kappa shape index (κ1) is 21.7. The van der Waals surface area contributed by atoms with E-state index in [2.05, 4.69) is 9.97 Å². The van der Waals surface area contributed by atoms with Crippen molar-refractivity contribution in [2.75, 3.05) is 24.6 Å². The summed E-state index contributed by atoms with van der Waals surface area (Å²) < 4.78 is 51.2. The molecule has 0 spiro atoms. The van der Waals surface area contributed by atoms with Gasteiger partial charge < -0.3 is 19.5 Å². The van der Waals surface area contributed by atoms with Crippen molar-refractivity contribution in [3.63, 3.8) is 0 Å². The molecule has 2 heterocycles. The van der Waals surface area contributed by atoms with E-state index < -0.39 is 36.1 Å². The van der Waals surface area contributed by atoms with E-state index in [1.54, 1.807) is 36.1 Å². The van der Waals surface area contributed by atoms with Crippen LogP contribution in [0.2, 0.25) is 0 Å². The SMILES string of the molecule is CC(C(=O)O)c1ccc(OC2CCN(c3ncnc(OCC(C)(F)F)c3F)C2)cc1. The quantitative estimate of drug-likeness (QED) is 0.693. The Balaban J connectivity index is 1.62. The van der Waals surface area contributed by atoms with Crippen molar-refractivity contribution in [1.82, 2.24) is 9.97 Å². The lowest BCUT2D eigenvalue weighted by atomic mass is 10.0. The smallest absolute Gasteiger partial charge is 0.310 e. The highest BCUT2D eigenvalue weighted by molar-refractivity contribution is 5.75. The molecule has 2 aromatic rings. The van der Waals surface area contributed by atoms with E-state index in [1.807, 2.05) is 0 Å².